The van der Waals surface area contributed by atoms with Crippen molar-refractivity contribution in [1.82, 2.24) is 15.2 Å². The third-order valence-electron chi connectivity index (χ3n) is 6.69. The molecule has 2 N–H and O–H groups in total. The Labute approximate surface area is 227 Å². The summed E-state index contributed by atoms with van der Waals surface area (Å²) in [5.74, 6) is 0.124. The SMILES string of the molecule is COc1ccc(CN2Cc3c(F)c(NC4CCCC[C@@H]4NC(=O)OC(C)(C)C)nc(Cl)c3C2=O)c(OC)c1. The number of aromatic nitrogens is 1. The van der Waals surface area contributed by atoms with Gasteiger partial charge in [0.25, 0.3) is 5.91 Å². The maximum atomic E-state index is 15.7. The Kier molecular flexibility index (Phi) is 8.20. The topological polar surface area (TPSA) is 102 Å². The van der Waals surface area contributed by atoms with E-state index in [9.17, 15) is 9.59 Å². The normalized spacial score (nSPS) is 19.1. The summed E-state index contributed by atoms with van der Waals surface area (Å²) in [6, 6.07) is 4.76. The smallest absolute Gasteiger partial charge is 0.407 e. The summed E-state index contributed by atoms with van der Waals surface area (Å²) in [5, 5.41) is 5.98. The average Bonchev–Trinajstić information content (AvgIpc) is 3.19. The molecule has 1 unspecified atom stereocenters. The number of fused-ring (bicyclic) bond motifs is 1. The Morgan fingerprint density at radius 1 is 1.18 bits per heavy atom. The predicted octanol–water partition coefficient (Wildman–Crippen LogP) is 5.30. The van der Waals surface area contributed by atoms with Gasteiger partial charge in [0.05, 0.1) is 32.4 Å². The first-order valence-electron chi connectivity index (χ1n) is 12.6. The van der Waals surface area contributed by atoms with E-state index < -0.39 is 23.4 Å². The molecule has 2 aliphatic rings. The highest BCUT2D eigenvalue weighted by Gasteiger charge is 2.36. The van der Waals surface area contributed by atoms with Crippen LogP contribution < -0.4 is 20.1 Å². The van der Waals surface area contributed by atoms with Crippen LogP contribution in [-0.4, -0.2) is 53.8 Å². The number of carbonyl (C=O) groups excluding carboxylic acids is 2. The van der Waals surface area contributed by atoms with Crippen molar-refractivity contribution in [3.63, 3.8) is 0 Å². The maximum Gasteiger partial charge on any atom is 0.407 e. The number of benzene rings is 1. The fourth-order valence-corrected chi connectivity index (χ4v) is 5.17. The number of amides is 2. The first-order valence-corrected chi connectivity index (χ1v) is 13.0. The molecule has 2 heterocycles. The molecule has 0 spiro atoms. The van der Waals surface area contributed by atoms with Crippen molar-refractivity contribution < 1.29 is 28.2 Å². The Bertz CT molecular complexity index is 1220. The van der Waals surface area contributed by atoms with Gasteiger partial charge in [-0.05, 0) is 45.7 Å². The molecule has 1 aromatic carbocycles. The number of ether oxygens (including phenoxy) is 3. The summed E-state index contributed by atoms with van der Waals surface area (Å²) < 4.78 is 31.8. The number of methoxy groups -OCH3 is 2. The number of halogens is 2. The van der Waals surface area contributed by atoms with Crippen molar-refractivity contribution in [1.29, 1.82) is 0 Å². The van der Waals surface area contributed by atoms with Gasteiger partial charge in [-0.15, -0.1) is 0 Å². The summed E-state index contributed by atoms with van der Waals surface area (Å²) >= 11 is 6.42. The van der Waals surface area contributed by atoms with Crippen LogP contribution in [0, 0.1) is 5.82 Å². The van der Waals surface area contributed by atoms with E-state index in [1.807, 2.05) is 0 Å². The second-order valence-electron chi connectivity index (χ2n) is 10.5. The van der Waals surface area contributed by atoms with Crippen molar-refractivity contribution in [3.05, 3.63) is 45.9 Å². The highest BCUT2D eigenvalue weighted by molar-refractivity contribution is 6.33. The van der Waals surface area contributed by atoms with E-state index in [0.29, 0.717) is 24.3 Å². The molecule has 2 amide bonds. The fourth-order valence-electron chi connectivity index (χ4n) is 4.89. The molecule has 1 fully saturated rings. The lowest BCUT2D eigenvalue weighted by Crippen LogP contribution is -2.50. The van der Waals surface area contributed by atoms with Crippen LogP contribution in [0.15, 0.2) is 18.2 Å². The largest absolute Gasteiger partial charge is 0.497 e. The Morgan fingerprint density at radius 2 is 1.89 bits per heavy atom. The van der Waals surface area contributed by atoms with E-state index in [0.717, 1.165) is 18.4 Å². The van der Waals surface area contributed by atoms with E-state index in [4.69, 9.17) is 25.8 Å². The van der Waals surface area contributed by atoms with Crippen LogP contribution in [0.3, 0.4) is 0 Å². The fraction of sp³-hybridized carbons (Fsp3) is 0.519. The highest BCUT2D eigenvalue weighted by Crippen LogP contribution is 2.36. The molecule has 2 aromatic rings. The quantitative estimate of drug-likeness (QED) is 0.453. The van der Waals surface area contributed by atoms with E-state index in [2.05, 4.69) is 15.6 Å². The minimum Gasteiger partial charge on any atom is -0.497 e. The van der Waals surface area contributed by atoms with Crippen LogP contribution in [-0.2, 0) is 17.8 Å². The van der Waals surface area contributed by atoms with Gasteiger partial charge in [-0.3, -0.25) is 4.79 Å². The van der Waals surface area contributed by atoms with Gasteiger partial charge in [-0.2, -0.15) is 0 Å². The summed E-state index contributed by atoms with van der Waals surface area (Å²) in [7, 11) is 3.09. The number of alkyl carbamates (subject to hydrolysis) is 1. The van der Waals surface area contributed by atoms with Gasteiger partial charge in [0.1, 0.15) is 22.3 Å². The summed E-state index contributed by atoms with van der Waals surface area (Å²) in [5.41, 5.74) is 0.374. The van der Waals surface area contributed by atoms with Crippen molar-refractivity contribution in [2.24, 2.45) is 0 Å². The zero-order valence-electron chi connectivity index (χ0n) is 22.3. The number of carbonyl (C=O) groups is 2. The summed E-state index contributed by atoms with van der Waals surface area (Å²) in [6.07, 6.45) is 2.75. The van der Waals surface area contributed by atoms with Gasteiger partial charge in [0, 0.05) is 29.8 Å². The lowest BCUT2D eigenvalue weighted by molar-refractivity contribution is 0.0488. The van der Waals surface area contributed by atoms with E-state index >= 15 is 4.39 Å². The molecule has 206 valence electrons. The van der Waals surface area contributed by atoms with Crippen LogP contribution in [0.1, 0.15) is 67.9 Å². The minimum atomic E-state index is -0.628. The summed E-state index contributed by atoms with van der Waals surface area (Å²) in [6.45, 7) is 5.62. The first-order chi connectivity index (χ1) is 18.0. The number of anilines is 1. The standard InChI is InChI=1S/C27H34ClFN4O5/c1-27(2,3)38-26(35)31-19-9-7-6-8-18(19)30-24-22(29)17-14-33(25(34)21(17)23(28)32-24)13-15-10-11-16(36-4)12-20(15)37-5/h10-12,18-19H,6-9,13-14H2,1-5H3,(H,30,32)(H,31,35)/t18?,19-/m0/s1. The second-order valence-corrected chi connectivity index (χ2v) is 10.9. The molecule has 1 aliphatic carbocycles. The van der Waals surface area contributed by atoms with Crippen LogP contribution in [0.25, 0.3) is 0 Å². The number of rotatable bonds is 7. The second kappa shape index (κ2) is 11.2. The number of pyridine rings is 1. The molecule has 38 heavy (non-hydrogen) atoms. The number of nitrogens with zero attached hydrogens (tertiary/aromatic N) is 2. The highest BCUT2D eigenvalue weighted by atomic mass is 35.5. The zero-order chi connectivity index (χ0) is 27.6. The minimum absolute atomic E-state index is 0.0340. The van der Waals surface area contributed by atoms with Crippen molar-refractivity contribution in [3.8, 4) is 11.5 Å². The zero-order valence-corrected chi connectivity index (χ0v) is 23.1. The van der Waals surface area contributed by atoms with Crippen molar-refractivity contribution in [2.75, 3.05) is 19.5 Å². The van der Waals surface area contributed by atoms with E-state index in [1.54, 1.807) is 46.1 Å². The first kappa shape index (κ1) is 27.8. The molecule has 4 rings (SSSR count). The van der Waals surface area contributed by atoms with Gasteiger partial charge in [-0.25, -0.2) is 14.2 Å². The van der Waals surface area contributed by atoms with Gasteiger partial charge in [0.15, 0.2) is 11.6 Å². The maximum absolute atomic E-state index is 15.7. The Balaban J connectivity index is 1.53. The third kappa shape index (κ3) is 6.06. The van der Waals surface area contributed by atoms with Crippen LogP contribution in [0.4, 0.5) is 15.0 Å². The van der Waals surface area contributed by atoms with Crippen molar-refractivity contribution in [2.45, 2.75) is 77.2 Å². The Hall–Kier alpha value is -3.27. The third-order valence-corrected chi connectivity index (χ3v) is 6.96. The number of hydrogen-bond donors (Lipinski definition) is 2. The molecular weight excluding hydrogens is 515 g/mol. The molecule has 0 radical (unpaired) electrons. The van der Waals surface area contributed by atoms with Crippen LogP contribution in [0.5, 0.6) is 11.5 Å². The molecule has 1 aliphatic heterocycles. The predicted molar refractivity (Wildman–Crippen MR) is 141 cm³/mol. The molecule has 1 saturated carbocycles. The molecule has 11 heteroatoms. The lowest BCUT2D eigenvalue weighted by Gasteiger charge is -2.34. The van der Waals surface area contributed by atoms with E-state index in [-0.39, 0.29) is 47.3 Å². The number of hydrogen-bond acceptors (Lipinski definition) is 7. The number of nitrogens with one attached hydrogen (secondary N) is 2. The monoisotopic (exact) mass is 548 g/mol. The van der Waals surface area contributed by atoms with Crippen LogP contribution in [0.2, 0.25) is 5.15 Å². The molecule has 0 bridgehead atoms. The van der Waals surface area contributed by atoms with Gasteiger partial charge < -0.3 is 29.7 Å². The lowest BCUT2D eigenvalue weighted by atomic mass is 9.90. The van der Waals surface area contributed by atoms with Gasteiger partial charge in [0.2, 0.25) is 0 Å². The average molecular weight is 549 g/mol. The molecular formula is C27H34ClFN4O5. The molecule has 2 atom stereocenters. The molecule has 0 saturated heterocycles. The van der Waals surface area contributed by atoms with E-state index in [1.165, 1.54) is 12.0 Å². The van der Waals surface area contributed by atoms with Crippen LogP contribution >= 0.6 is 11.6 Å². The summed E-state index contributed by atoms with van der Waals surface area (Å²) in [4.78, 5) is 31.3. The molecule has 1 aromatic heterocycles. The Morgan fingerprint density at radius 3 is 2.55 bits per heavy atom. The van der Waals surface area contributed by atoms with Gasteiger partial charge >= 0.3 is 6.09 Å². The van der Waals surface area contributed by atoms with Gasteiger partial charge in [-0.1, -0.05) is 24.4 Å². The molecule has 9 nitrogen and oxygen atoms in total. The van der Waals surface area contributed by atoms with Crippen molar-refractivity contribution >= 4 is 29.4 Å².